The molecule has 494 valence electrons. The fourth-order valence-corrected chi connectivity index (χ4v) is 15.6. The van der Waals surface area contributed by atoms with Gasteiger partial charge in [0.25, 0.3) is 0 Å². The summed E-state index contributed by atoms with van der Waals surface area (Å²) in [5.74, 6) is 0. The minimum Gasteiger partial charge on any atom is -0.310 e. The number of rotatable bonds is 17. The number of anilines is 6. The third-order valence-corrected chi connectivity index (χ3v) is 20.6. The van der Waals surface area contributed by atoms with Crippen LogP contribution in [-0.2, 0) is 36.0 Å². The lowest BCUT2D eigenvalue weighted by molar-refractivity contribution is -0.138. The minimum absolute atomic E-state index is 0.474. The SMILES string of the molecule is C=Cc1ccc(CC2(c3ccc(C(F)(F)F)cc3)c3ccccc3-c3ccc(N(c4ccc(-c5ccccc5)cc4)c4ccc(-c5ccc(N(c6ccc(-c7ccccc7)cc6)c6ccc7c(c6)C(Cc6ccc(C=C)cc6)(c6ccc(C(F)(F)F)cc6)c6ccccc6-7)cc5)cc4)cc32)cc1. The van der Waals surface area contributed by atoms with Crippen molar-refractivity contribution in [2.24, 2.45) is 0 Å². The van der Waals surface area contributed by atoms with Gasteiger partial charge in [-0.05, 0) is 221 Å². The molecule has 0 aromatic heterocycles. The summed E-state index contributed by atoms with van der Waals surface area (Å²) in [5, 5.41) is 0. The molecule has 14 aromatic rings. The largest absolute Gasteiger partial charge is 0.416 e. The first-order valence-electron chi connectivity index (χ1n) is 34.1. The molecule has 102 heavy (non-hydrogen) atoms. The molecule has 0 saturated heterocycles. The van der Waals surface area contributed by atoms with E-state index in [0.717, 1.165) is 145 Å². The number of alkyl halides is 6. The second-order valence-electron chi connectivity index (χ2n) is 26.3. The first kappa shape index (κ1) is 64.4. The van der Waals surface area contributed by atoms with Crippen LogP contribution in [-0.4, -0.2) is 0 Å². The van der Waals surface area contributed by atoms with Crippen LogP contribution >= 0.6 is 0 Å². The molecule has 0 spiro atoms. The van der Waals surface area contributed by atoms with Gasteiger partial charge in [-0.2, -0.15) is 26.3 Å². The maximum Gasteiger partial charge on any atom is 0.416 e. The fourth-order valence-electron chi connectivity index (χ4n) is 15.6. The Morgan fingerprint density at radius 1 is 0.265 bits per heavy atom. The molecule has 0 radical (unpaired) electrons. The number of nitrogens with zero attached hydrogens (tertiary/aromatic N) is 2. The second kappa shape index (κ2) is 26.1. The summed E-state index contributed by atoms with van der Waals surface area (Å²) >= 11 is 0. The summed E-state index contributed by atoms with van der Waals surface area (Å²) in [7, 11) is 0. The molecule has 16 rings (SSSR count). The van der Waals surface area contributed by atoms with Gasteiger partial charge in [0.15, 0.2) is 0 Å². The maximum absolute atomic E-state index is 14.4. The molecule has 2 unspecified atom stereocenters. The van der Waals surface area contributed by atoms with Crippen molar-refractivity contribution in [3.63, 3.8) is 0 Å². The van der Waals surface area contributed by atoms with Crippen molar-refractivity contribution in [3.05, 3.63) is 420 Å². The van der Waals surface area contributed by atoms with E-state index in [2.05, 4.69) is 229 Å². The van der Waals surface area contributed by atoms with Crippen LogP contribution in [0.25, 0.3) is 67.8 Å². The van der Waals surface area contributed by atoms with E-state index in [1.165, 1.54) is 24.3 Å². The van der Waals surface area contributed by atoms with Crippen LogP contribution in [0.3, 0.4) is 0 Å². The van der Waals surface area contributed by atoms with Crippen molar-refractivity contribution in [2.45, 2.75) is 36.0 Å². The van der Waals surface area contributed by atoms with Crippen molar-refractivity contribution in [3.8, 4) is 55.6 Å². The average molecular weight is 1340 g/mol. The van der Waals surface area contributed by atoms with Gasteiger partial charge in [-0.3, -0.25) is 0 Å². The average Bonchev–Trinajstić information content (AvgIpc) is 1.55. The van der Waals surface area contributed by atoms with E-state index in [4.69, 9.17) is 0 Å². The predicted molar refractivity (Wildman–Crippen MR) is 406 cm³/mol. The lowest BCUT2D eigenvalue weighted by atomic mass is 9.68. The van der Waals surface area contributed by atoms with E-state index in [1.807, 2.05) is 84.9 Å². The maximum atomic E-state index is 14.4. The Kier molecular flexibility index (Phi) is 16.5. The molecule has 0 amide bonds. The van der Waals surface area contributed by atoms with Gasteiger partial charge in [-0.1, -0.05) is 268 Å². The molecule has 8 heteroatoms. The Bertz CT molecular complexity index is 5060. The Balaban J connectivity index is 0.804. The molecular weight excluding hydrogens is 1270 g/mol. The molecule has 2 atom stereocenters. The van der Waals surface area contributed by atoms with E-state index < -0.39 is 34.3 Å². The molecule has 0 aliphatic heterocycles. The Labute approximate surface area is 590 Å². The lowest BCUT2D eigenvalue weighted by Gasteiger charge is -2.35. The minimum atomic E-state index is -4.52. The Hall–Kier alpha value is -12.3. The molecule has 0 saturated carbocycles. The summed E-state index contributed by atoms with van der Waals surface area (Å²) in [4.78, 5) is 4.50. The zero-order valence-corrected chi connectivity index (χ0v) is 55.5. The molecule has 2 aliphatic rings. The van der Waals surface area contributed by atoms with Gasteiger partial charge in [0, 0.05) is 34.1 Å². The topological polar surface area (TPSA) is 6.48 Å². The van der Waals surface area contributed by atoms with Gasteiger partial charge < -0.3 is 9.80 Å². The summed E-state index contributed by atoms with van der Waals surface area (Å²) in [6, 6.07) is 112. The van der Waals surface area contributed by atoms with Gasteiger partial charge in [0.1, 0.15) is 0 Å². The van der Waals surface area contributed by atoms with Gasteiger partial charge >= 0.3 is 12.4 Å². The van der Waals surface area contributed by atoms with Gasteiger partial charge in [-0.25, -0.2) is 0 Å². The van der Waals surface area contributed by atoms with E-state index in [-0.39, 0.29) is 0 Å². The Morgan fingerprint density at radius 2 is 0.539 bits per heavy atom. The highest BCUT2D eigenvalue weighted by atomic mass is 19.4. The highest BCUT2D eigenvalue weighted by Gasteiger charge is 2.48. The monoisotopic (exact) mass is 1340 g/mol. The van der Waals surface area contributed by atoms with Crippen molar-refractivity contribution < 1.29 is 26.3 Å². The first-order chi connectivity index (χ1) is 49.7. The normalized spacial score (nSPS) is 15.0. The third-order valence-electron chi connectivity index (χ3n) is 20.6. The molecule has 0 fully saturated rings. The van der Waals surface area contributed by atoms with Crippen LogP contribution in [0.2, 0.25) is 0 Å². The number of benzene rings is 14. The molecular formula is C94H66F6N2. The molecule has 0 N–H and O–H groups in total. The van der Waals surface area contributed by atoms with Crippen LogP contribution in [0.15, 0.2) is 353 Å². The van der Waals surface area contributed by atoms with Crippen molar-refractivity contribution in [2.75, 3.05) is 9.80 Å². The highest BCUT2D eigenvalue weighted by Crippen LogP contribution is 2.58. The van der Waals surface area contributed by atoms with Crippen LogP contribution < -0.4 is 9.80 Å². The molecule has 2 aliphatic carbocycles. The van der Waals surface area contributed by atoms with Crippen molar-refractivity contribution in [1.29, 1.82) is 0 Å². The van der Waals surface area contributed by atoms with Crippen LogP contribution in [0.5, 0.6) is 0 Å². The van der Waals surface area contributed by atoms with E-state index in [0.29, 0.717) is 12.8 Å². The Morgan fingerprint density at radius 3 is 0.843 bits per heavy atom. The first-order valence-corrected chi connectivity index (χ1v) is 34.1. The van der Waals surface area contributed by atoms with E-state index in [9.17, 15) is 26.3 Å². The van der Waals surface area contributed by atoms with Crippen molar-refractivity contribution >= 4 is 46.3 Å². The van der Waals surface area contributed by atoms with Crippen LogP contribution in [0.1, 0.15) is 66.8 Å². The fraction of sp³-hybridized carbons (Fsp3) is 0.0638. The van der Waals surface area contributed by atoms with Crippen LogP contribution in [0.4, 0.5) is 60.5 Å². The van der Waals surface area contributed by atoms with Crippen LogP contribution in [0, 0.1) is 0 Å². The predicted octanol–water partition coefficient (Wildman–Crippen LogP) is 26.1. The molecule has 0 heterocycles. The highest BCUT2D eigenvalue weighted by molar-refractivity contribution is 5.91. The quantitative estimate of drug-likeness (QED) is 0.0839. The molecule has 0 bridgehead atoms. The number of halogens is 6. The lowest BCUT2D eigenvalue weighted by Crippen LogP contribution is -2.30. The standard InChI is InChI=1S/C94H66F6N2/c1-3-63-23-27-65(28-24-63)61-91(73-39-43-75(44-40-73)93(95,96)97)87-21-13-11-19-83(87)85-57-55-81(59-89(85)91)101(77-47-31-69(32-48-77)67-15-7-5-8-16-67)79-51-35-71(36-52-79)72-37-53-80(54-38-72)102(78-49-33-70(34-50-78)68-17-9-6-10-18-68)82-56-58-86-84-20-12-14-22-88(84)92(90(86)60-82,62-66-29-25-64(4-2)26-30-66)74-41-45-76(46-42-74)94(98,99)100/h3-60H,1-2,61-62H2. The molecule has 2 nitrogen and oxygen atoms in total. The van der Waals surface area contributed by atoms with Gasteiger partial charge in [0.05, 0.1) is 22.0 Å². The summed E-state index contributed by atoms with van der Waals surface area (Å²) < 4.78 is 86.4. The van der Waals surface area contributed by atoms with Gasteiger partial charge in [-0.15, -0.1) is 0 Å². The summed E-state index contributed by atoms with van der Waals surface area (Å²) in [6.07, 6.45) is -4.47. The molecule has 14 aromatic carbocycles. The van der Waals surface area contributed by atoms with E-state index >= 15 is 0 Å². The number of fused-ring (bicyclic) bond motifs is 6. The van der Waals surface area contributed by atoms with Gasteiger partial charge in [0.2, 0.25) is 0 Å². The third kappa shape index (κ3) is 11.7. The van der Waals surface area contributed by atoms with Crippen molar-refractivity contribution in [1.82, 2.24) is 0 Å². The smallest absolute Gasteiger partial charge is 0.310 e. The zero-order chi connectivity index (χ0) is 69.7. The summed E-state index contributed by atoms with van der Waals surface area (Å²) in [5.41, 5.74) is 22.0. The van der Waals surface area contributed by atoms with E-state index in [1.54, 1.807) is 36.4 Å². The zero-order valence-electron chi connectivity index (χ0n) is 55.5. The number of hydrogen-bond donors (Lipinski definition) is 0. The second-order valence-corrected chi connectivity index (χ2v) is 26.3. The number of hydrogen-bond acceptors (Lipinski definition) is 2. The summed E-state index contributed by atoms with van der Waals surface area (Å²) in [6.45, 7) is 7.98.